The summed E-state index contributed by atoms with van der Waals surface area (Å²) in [5.74, 6) is -0.357. The molecule has 0 radical (unpaired) electrons. The minimum Gasteiger partial charge on any atom is -0.308 e. The fourth-order valence-corrected chi connectivity index (χ4v) is 2.53. The standard InChI is InChI=1S/C15H23BrClFN2/c1-6-9-19-14(15(2,3)20(4)5)10-7-8-11(16)12(17)13(10)18/h7-8,14,19H,6,9H2,1-5H3. The number of hydrogen-bond donors (Lipinski definition) is 1. The maximum Gasteiger partial charge on any atom is 0.147 e. The molecular formula is C15H23BrClFN2. The van der Waals surface area contributed by atoms with E-state index in [4.69, 9.17) is 11.6 Å². The summed E-state index contributed by atoms with van der Waals surface area (Å²) in [6.45, 7) is 7.11. The molecule has 0 saturated heterocycles. The maximum atomic E-state index is 14.5. The fraction of sp³-hybridized carbons (Fsp3) is 0.600. The van der Waals surface area contributed by atoms with E-state index in [9.17, 15) is 4.39 Å². The fourth-order valence-electron chi connectivity index (χ4n) is 2.05. The van der Waals surface area contributed by atoms with Crippen molar-refractivity contribution < 1.29 is 4.39 Å². The Labute approximate surface area is 134 Å². The zero-order valence-electron chi connectivity index (χ0n) is 12.7. The van der Waals surface area contributed by atoms with Crippen molar-refractivity contribution in [1.82, 2.24) is 10.2 Å². The van der Waals surface area contributed by atoms with Gasteiger partial charge >= 0.3 is 0 Å². The molecule has 1 aromatic rings. The molecule has 1 unspecified atom stereocenters. The molecule has 0 aliphatic heterocycles. The molecule has 1 aromatic carbocycles. The quantitative estimate of drug-likeness (QED) is 0.740. The number of nitrogens with one attached hydrogen (secondary N) is 1. The van der Waals surface area contributed by atoms with Gasteiger partial charge in [0, 0.05) is 15.6 Å². The molecule has 0 amide bonds. The minimum absolute atomic E-state index is 0.136. The Morgan fingerprint density at radius 2 is 2.00 bits per heavy atom. The second-order valence-electron chi connectivity index (χ2n) is 5.70. The molecule has 0 aliphatic carbocycles. The van der Waals surface area contributed by atoms with E-state index in [-0.39, 0.29) is 22.4 Å². The Morgan fingerprint density at radius 3 is 2.50 bits per heavy atom. The Balaban J connectivity index is 3.28. The SMILES string of the molecule is CCCNC(c1ccc(Br)c(Cl)c1F)C(C)(C)N(C)C. The van der Waals surface area contributed by atoms with Gasteiger partial charge in [0.05, 0.1) is 11.1 Å². The van der Waals surface area contributed by atoms with Crippen molar-refractivity contribution in [2.45, 2.75) is 38.8 Å². The van der Waals surface area contributed by atoms with Gasteiger partial charge in [-0.2, -0.15) is 0 Å². The summed E-state index contributed by atoms with van der Waals surface area (Å²) in [4.78, 5) is 2.09. The first-order valence-electron chi connectivity index (χ1n) is 6.77. The third-order valence-electron chi connectivity index (χ3n) is 3.83. The van der Waals surface area contributed by atoms with Crippen LogP contribution in [0, 0.1) is 5.82 Å². The van der Waals surface area contributed by atoms with E-state index in [0.29, 0.717) is 10.0 Å². The molecule has 0 aliphatic rings. The van der Waals surface area contributed by atoms with Gasteiger partial charge in [-0.05, 0) is 62.9 Å². The van der Waals surface area contributed by atoms with E-state index < -0.39 is 0 Å². The number of benzene rings is 1. The molecule has 0 bridgehead atoms. The van der Waals surface area contributed by atoms with E-state index in [1.165, 1.54) is 0 Å². The van der Waals surface area contributed by atoms with Crippen LogP contribution in [0.25, 0.3) is 0 Å². The number of nitrogens with zero attached hydrogens (tertiary/aromatic N) is 1. The lowest BCUT2D eigenvalue weighted by atomic mass is 9.87. The van der Waals surface area contributed by atoms with Crippen LogP contribution in [-0.4, -0.2) is 31.1 Å². The minimum atomic E-state index is -0.357. The lowest BCUT2D eigenvalue weighted by molar-refractivity contribution is 0.136. The van der Waals surface area contributed by atoms with Crippen molar-refractivity contribution in [3.05, 3.63) is 33.0 Å². The topological polar surface area (TPSA) is 15.3 Å². The van der Waals surface area contributed by atoms with Gasteiger partial charge in [-0.1, -0.05) is 24.6 Å². The van der Waals surface area contributed by atoms with Crippen LogP contribution in [0.15, 0.2) is 16.6 Å². The number of likely N-dealkylation sites (N-methyl/N-ethyl adjacent to an activating group) is 1. The number of halogens is 3. The Kier molecular flexibility index (Phi) is 6.45. The molecule has 2 nitrogen and oxygen atoms in total. The van der Waals surface area contributed by atoms with Gasteiger partial charge in [0.2, 0.25) is 0 Å². The van der Waals surface area contributed by atoms with Crippen LogP contribution in [0.5, 0.6) is 0 Å². The zero-order valence-corrected chi connectivity index (χ0v) is 15.1. The van der Waals surface area contributed by atoms with Gasteiger partial charge in [-0.15, -0.1) is 0 Å². The summed E-state index contributed by atoms with van der Waals surface area (Å²) in [5.41, 5.74) is 0.359. The Hall–Kier alpha value is -0.160. The first kappa shape index (κ1) is 17.9. The maximum absolute atomic E-state index is 14.5. The van der Waals surface area contributed by atoms with Crippen LogP contribution in [0.2, 0.25) is 5.02 Å². The van der Waals surface area contributed by atoms with Gasteiger partial charge in [0.25, 0.3) is 0 Å². The highest BCUT2D eigenvalue weighted by molar-refractivity contribution is 9.10. The second-order valence-corrected chi connectivity index (χ2v) is 6.93. The number of hydrogen-bond acceptors (Lipinski definition) is 2. The predicted molar refractivity (Wildman–Crippen MR) is 87.9 cm³/mol. The van der Waals surface area contributed by atoms with Gasteiger partial charge in [-0.3, -0.25) is 0 Å². The lowest BCUT2D eigenvalue weighted by Gasteiger charge is -2.41. The first-order valence-corrected chi connectivity index (χ1v) is 7.94. The summed E-state index contributed by atoms with van der Waals surface area (Å²) in [7, 11) is 4.00. The van der Waals surface area contributed by atoms with Crippen molar-refractivity contribution in [3.63, 3.8) is 0 Å². The Morgan fingerprint density at radius 1 is 1.40 bits per heavy atom. The molecule has 114 valence electrons. The van der Waals surface area contributed by atoms with Crippen LogP contribution in [-0.2, 0) is 0 Å². The molecule has 5 heteroatoms. The first-order chi connectivity index (χ1) is 9.23. The summed E-state index contributed by atoms with van der Waals surface area (Å²) < 4.78 is 15.1. The summed E-state index contributed by atoms with van der Waals surface area (Å²) >= 11 is 9.29. The van der Waals surface area contributed by atoms with Crippen molar-refractivity contribution in [3.8, 4) is 0 Å². The van der Waals surface area contributed by atoms with Gasteiger partial charge < -0.3 is 10.2 Å². The second kappa shape index (κ2) is 7.21. The highest BCUT2D eigenvalue weighted by atomic mass is 79.9. The summed E-state index contributed by atoms with van der Waals surface area (Å²) in [6.07, 6.45) is 0.992. The highest BCUT2D eigenvalue weighted by Crippen LogP contribution is 2.36. The average molecular weight is 366 g/mol. The lowest BCUT2D eigenvalue weighted by Crippen LogP contribution is -2.49. The zero-order chi connectivity index (χ0) is 15.5. The average Bonchev–Trinajstić information content (AvgIpc) is 2.38. The molecule has 0 heterocycles. The van der Waals surface area contributed by atoms with Crippen LogP contribution < -0.4 is 5.32 Å². The third kappa shape index (κ3) is 3.73. The van der Waals surface area contributed by atoms with E-state index in [1.807, 2.05) is 14.1 Å². The predicted octanol–water partition coefficient (Wildman–Crippen LogP) is 4.62. The molecule has 0 saturated carbocycles. The third-order valence-corrected chi connectivity index (χ3v) is 5.09. The molecular weight excluding hydrogens is 343 g/mol. The molecule has 1 N–H and O–H groups in total. The normalized spacial score (nSPS) is 13.8. The van der Waals surface area contributed by atoms with E-state index in [2.05, 4.69) is 46.9 Å². The van der Waals surface area contributed by atoms with Crippen molar-refractivity contribution in [2.75, 3.05) is 20.6 Å². The van der Waals surface area contributed by atoms with Gasteiger partial charge in [0.15, 0.2) is 0 Å². The molecule has 20 heavy (non-hydrogen) atoms. The molecule has 0 aromatic heterocycles. The highest BCUT2D eigenvalue weighted by Gasteiger charge is 2.34. The molecule has 1 rings (SSSR count). The molecule has 1 atom stereocenters. The van der Waals surface area contributed by atoms with Crippen LogP contribution >= 0.6 is 27.5 Å². The number of rotatable bonds is 6. The molecule has 0 fully saturated rings. The largest absolute Gasteiger partial charge is 0.308 e. The summed E-state index contributed by atoms with van der Waals surface area (Å²) in [6, 6.07) is 3.46. The van der Waals surface area contributed by atoms with Crippen LogP contribution in [0.1, 0.15) is 38.8 Å². The van der Waals surface area contributed by atoms with Crippen molar-refractivity contribution in [1.29, 1.82) is 0 Å². The van der Waals surface area contributed by atoms with E-state index in [0.717, 1.165) is 13.0 Å². The monoisotopic (exact) mass is 364 g/mol. The van der Waals surface area contributed by atoms with E-state index in [1.54, 1.807) is 12.1 Å². The smallest absolute Gasteiger partial charge is 0.147 e. The summed E-state index contributed by atoms with van der Waals surface area (Å²) in [5, 5.41) is 3.58. The van der Waals surface area contributed by atoms with Crippen molar-refractivity contribution >= 4 is 27.5 Å². The van der Waals surface area contributed by atoms with E-state index >= 15 is 0 Å². The van der Waals surface area contributed by atoms with Gasteiger partial charge in [0.1, 0.15) is 5.82 Å². The van der Waals surface area contributed by atoms with Crippen LogP contribution in [0.3, 0.4) is 0 Å². The van der Waals surface area contributed by atoms with Crippen LogP contribution in [0.4, 0.5) is 4.39 Å². The van der Waals surface area contributed by atoms with Gasteiger partial charge in [-0.25, -0.2) is 4.39 Å². The molecule has 0 spiro atoms. The Bertz CT molecular complexity index is 463. The van der Waals surface area contributed by atoms with Crippen molar-refractivity contribution in [2.24, 2.45) is 0 Å².